The number of piperazine rings is 1. The molecule has 0 saturated carbocycles. The van der Waals surface area contributed by atoms with Crippen molar-refractivity contribution in [3.8, 4) is 0 Å². The van der Waals surface area contributed by atoms with Crippen molar-refractivity contribution in [2.75, 3.05) is 39.3 Å². The zero-order valence-corrected chi connectivity index (χ0v) is 15.1. The normalized spacial score (nSPS) is 15.9. The summed E-state index contributed by atoms with van der Waals surface area (Å²) in [4.78, 5) is 15.5. The van der Waals surface area contributed by atoms with E-state index in [1.54, 1.807) is 0 Å². The lowest BCUT2D eigenvalue weighted by molar-refractivity contribution is 0.108. The maximum atomic E-state index is 10.5. The van der Waals surface area contributed by atoms with Gasteiger partial charge in [-0.1, -0.05) is 60.7 Å². The van der Waals surface area contributed by atoms with Crippen molar-refractivity contribution in [1.29, 1.82) is 0 Å². The van der Waals surface area contributed by atoms with Crippen molar-refractivity contribution in [3.05, 3.63) is 71.8 Å². The number of carboxylic acid groups (broad SMARTS) is 1. The Bertz CT molecular complexity index is 631. The van der Waals surface area contributed by atoms with E-state index in [0.29, 0.717) is 6.54 Å². The van der Waals surface area contributed by atoms with Gasteiger partial charge in [-0.2, -0.15) is 0 Å². The zero-order valence-electron chi connectivity index (χ0n) is 15.1. The third kappa shape index (κ3) is 5.07. The van der Waals surface area contributed by atoms with Gasteiger partial charge in [-0.05, 0) is 24.1 Å². The summed E-state index contributed by atoms with van der Waals surface area (Å²) >= 11 is 0. The van der Waals surface area contributed by atoms with E-state index < -0.39 is 6.09 Å². The molecule has 1 aliphatic rings. The molecule has 0 aromatic heterocycles. The molecule has 2 aromatic rings. The Morgan fingerprint density at radius 3 is 1.96 bits per heavy atom. The highest BCUT2D eigenvalue weighted by molar-refractivity contribution is 5.64. The van der Waals surface area contributed by atoms with Crippen molar-refractivity contribution in [3.63, 3.8) is 0 Å². The van der Waals surface area contributed by atoms with Gasteiger partial charge in [-0.25, -0.2) is 4.79 Å². The maximum absolute atomic E-state index is 10.5. The zero-order chi connectivity index (χ0) is 18.2. The number of hydrogen-bond donors (Lipinski definition) is 2. The molecular weight excluding hydrogens is 326 g/mol. The number of amides is 1. The highest BCUT2D eigenvalue weighted by Crippen LogP contribution is 2.29. The van der Waals surface area contributed by atoms with Gasteiger partial charge in [0.25, 0.3) is 0 Å². The van der Waals surface area contributed by atoms with Crippen LogP contribution in [0.15, 0.2) is 60.7 Å². The minimum absolute atomic E-state index is 0.285. The standard InChI is InChI=1S/C21H27N3O2/c25-21(26)22-12-7-13-23-14-16-24(17-15-23)20(18-8-3-1-4-9-18)19-10-5-2-6-11-19/h1-6,8-11,20,22H,7,12-17H2,(H,25,26). The molecule has 0 bridgehead atoms. The first-order valence-corrected chi connectivity index (χ1v) is 9.27. The predicted octanol–water partition coefficient (Wildman–Crippen LogP) is 3.05. The number of hydrogen-bond acceptors (Lipinski definition) is 3. The van der Waals surface area contributed by atoms with Gasteiger partial charge in [-0.3, -0.25) is 4.90 Å². The van der Waals surface area contributed by atoms with Gasteiger partial charge in [0.2, 0.25) is 0 Å². The Kier molecular flexibility index (Phi) is 6.63. The fraction of sp³-hybridized carbons (Fsp3) is 0.381. The molecule has 26 heavy (non-hydrogen) atoms. The van der Waals surface area contributed by atoms with Crippen LogP contribution in [0.25, 0.3) is 0 Å². The summed E-state index contributed by atoms with van der Waals surface area (Å²) in [5.41, 5.74) is 2.66. The molecular formula is C21H27N3O2. The average Bonchev–Trinajstić information content (AvgIpc) is 2.68. The van der Waals surface area contributed by atoms with Crippen molar-refractivity contribution in [2.45, 2.75) is 12.5 Å². The fourth-order valence-corrected chi connectivity index (χ4v) is 3.63. The number of carbonyl (C=O) groups is 1. The SMILES string of the molecule is O=C(O)NCCCN1CCN(C(c2ccccc2)c2ccccc2)CC1. The van der Waals surface area contributed by atoms with Gasteiger partial charge in [0.15, 0.2) is 0 Å². The number of nitrogens with one attached hydrogen (secondary N) is 1. The number of rotatable bonds is 7. The lowest BCUT2D eigenvalue weighted by atomic mass is 9.96. The van der Waals surface area contributed by atoms with Crippen LogP contribution in [0.2, 0.25) is 0 Å². The van der Waals surface area contributed by atoms with Gasteiger partial charge in [-0.15, -0.1) is 0 Å². The molecule has 0 spiro atoms. The largest absolute Gasteiger partial charge is 0.465 e. The summed E-state index contributed by atoms with van der Waals surface area (Å²) in [7, 11) is 0. The van der Waals surface area contributed by atoms with Crippen LogP contribution < -0.4 is 5.32 Å². The lowest BCUT2D eigenvalue weighted by Gasteiger charge is -2.39. The van der Waals surface area contributed by atoms with E-state index in [2.05, 4.69) is 75.8 Å². The van der Waals surface area contributed by atoms with Crippen LogP contribution in [0.1, 0.15) is 23.6 Å². The molecule has 5 heteroatoms. The van der Waals surface area contributed by atoms with Crippen LogP contribution in [0.4, 0.5) is 4.79 Å². The lowest BCUT2D eigenvalue weighted by Crippen LogP contribution is -2.48. The maximum Gasteiger partial charge on any atom is 0.404 e. The minimum atomic E-state index is -0.941. The molecule has 2 aromatic carbocycles. The highest BCUT2D eigenvalue weighted by atomic mass is 16.4. The quantitative estimate of drug-likeness (QED) is 0.751. The topological polar surface area (TPSA) is 55.8 Å². The van der Waals surface area contributed by atoms with E-state index in [0.717, 1.165) is 39.1 Å². The predicted molar refractivity (Wildman–Crippen MR) is 103 cm³/mol. The Labute approximate surface area is 155 Å². The minimum Gasteiger partial charge on any atom is -0.465 e. The highest BCUT2D eigenvalue weighted by Gasteiger charge is 2.25. The summed E-state index contributed by atoms with van der Waals surface area (Å²) in [6.07, 6.45) is -0.0870. The molecule has 2 N–H and O–H groups in total. The Hall–Kier alpha value is -2.37. The third-order valence-electron chi connectivity index (χ3n) is 4.93. The Balaban J connectivity index is 1.60. The first-order valence-electron chi connectivity index (χ1n) is 9.27. The molecule has 1 aliphatic heterocycles. The molecule has 1 amide bonds. The summed E-state index contributed by atoms with van der Waals surface area (Å²) in [5.74, 6) is 0. The van der Waals surface area contributed by atoms with Gasteiger partial charge in [0.05, 0.1) is 6.04 Å². The van der Waals surface area contributed by atoms with Gasteiger partial charge < -0.3 is 15.3 Å². The fourth-order valence-electron chi connectivity index (χ4n) is 3.63. The Morgan fingerprint density at radius 2 is 1.46 bits per heavy atom. The Morgan fingerprint density at radius 1 is 0.923 bits per heavy atom. The van der Waals surface area contributed by atoms with Crippen molar-refractivity contribution < 1.29 is 9.90 Å². The molecule has 138 valence electrons. The molecule has 3 rings (SSSR count). The summed E-state index contributed by atoms with van der Waals surface area (Å²) in [6, 6.07) is 21.7. The van der Waals surface area contributed by atoms with E-state index >= 15 is 0 Å². The van der Waals surface area contributed by atoms with Gasteiger partial charge in [0, 0.05) is 32.7 Å². The van der Waals surface area contributed by atoms with Crippen LogP contribution in [0, 0.1) is 0 Å². The third-order valence-corrected chi connectivity index (χ3v) is 4.93. The van der Waals surface area contributed by atoms with Crippen molar-refractivity contribution in [2.24, 2.45) is 0 Å². The van der Waals surface area contributed by atoms with Crippen LogP contribution in [0.5, 0.6) is 0 Å². The van der Waals surface area contributed by atoms with Crippen molar-refractivity contribution in [1.82, 2.24) is 15.1 Å². The van der Waals surface area contributed by atoms with E-state index in [1.165, 1.54) is 11.1 Å². The number of benzene rings is 2. The molecule has 0 aliphatic carbocycles. The molecule has 0 atom stereocenters. The van der Waals surface area contributed by atoms with E-state index in [9.17, 15) is 4.79 Å². The monoisotopic (exact) mass is 353 g/mol. The van der Waals surface area contributed by atoms with Crippen LogP contribution in [-0.4, -0.2) is 60.3 Å². The summed E-state index contributed by atoms with van der Waals surface area (Å²) in [5, 5.41) is 11.1. The molecule has 1 saturated heterocycles. The first kappa shape index (κ1) is 18.4. The van der Waals surface area contributed by atoms with Crippen LogP contribution >= 0.6 is 0 Å². The van der Waals surface area contributed by atoms with E-state index in [4.69, 9.17) is 5.11 Å². The molecule has 0 radical (unpaired) electrons. The van der Waals surface area contributed by atoms with Gasteiger partial charge in [0.1, 0.15) is 0 Å². The summed E-state index contributed by atoms with van der Waals surface area (Å²) in [6.45, 7) is 5.52. The second-order valence-electron chi connectivity index (χ2n) is 6.69. The molecule has 0 unspecified atom stereocenters. The van der Waals surface area contributed by atoms with Crippen LogP contribution in [-0.2, 0) is 0 Å². The van der Waals surface area contributed by atoms with Crippen molar-refractivity contribution >= 4 is 6.09 Å². The number of nitrogens with zero attached hydrogens (tertiary/aromatic N) is 2. The van der Waals surface area contributed by atoms with E-state index in [-0.39, 0.29) is 6.04 Å². The van der Waals surface area contributed by atoms with E-state index in [1.807, 2.05) is 0 Å². The smallest absolute Gasteiger partial charge is 0.404 e. The second kappa shape index (κ2) is 9.36. The first-order chi connectivity index (χ1) is 12.7. The molecule has 1 fully saturated rings. The molecule has 1 heterocycles. The summed E-state index contributed by atoms with van der Waals surface area (Å²) < 4.78 is 0. The van der Waals surface area contributed by atoms with Gasteiger partial charge >= 0.3 is 6.09 Å². The average molecular weight is 353 g/mol. The van der Waals surface area contributed by atoms with Crippen LogP contribution in [0.3, 0.4) is 0 Å². The second-order valence-corrected chi connectivity index (χ2v) is 6.69. The molecule has 5 nitrogen and oxygen atoms in total.